The topological polar surface area (TPSA) is 80.2 Å². The number of nitrogens with one attached hydrogen (secondary N) is 1. The van der Waals surface area contributed by atoms with Crippen LogP contribution >= 0.6 is 0 Å². The number of ether oxygens (including phenoxy) is 1. The maximum Gasteiger partial charge on any atom is 0.433 e. The first-order valence-electron chi connectivity index (χ1n) is 3.96. The van der Waals surface area contributed by atoms with E-state index in [9.17, 15) is 9.59 Å². The second-order valence-electron chi connectivity index (χ2n) is 2.66. The lowest BCUT2D eigenvalue weighted by Crippen LogP contribution is -2.27. The van der Waals surface area contributed by atoms with Gasteiger partial charge in [-0.25, -0.2) is 4.79 Å². The zero-order valence-electron chi connectivity index (χ0n) is 8.10. The smallest absolute Gasteiger partial charge is 0.433 e. The van der Waals surface area contributed by atoms with Crippen molar-refractivity contribution in [2.45, 2.75) is 13.2 Å². The standard InChI is InChI=1S/C7H11N3O4/c1-4-10(3)6(11)5(13-4)9-14-7(12)8-2/h4H,1-3H3,(H,8,12). The molecule has 0 saturated carbocycles. The third kappa shape index (κ3) is 1.93. The fraction of sp³-hybridized carbons (Fsp3) is 0.571. The summed E-state index contributed by atoms with van der Waals surface area (Å²) in [7, 11) is 2.95. The van der Waals surface area contributed by atoms with Crippen molar-refractivity contribution < 1.29 is 19.2 Å². The van der Waals surface area contributed by atoms with E-state index in [1.165, 1.54) is 11.9 Å². The molecule has 1 aliphatic rings. The molecule has 0 aromatic rings. The summed E-state index contributed by atoms with van der Waals surface area (Å²) < 4.78 is 5.00. The van der Waals surface area contributed by atoms with Crippen molar-refractivity contribution in [3.63, 3.8) is 0 Å². The molecule has 1 unspecified atom stereocenters. The van der Waals surface area contributed by atoms with Crippen LogP contribution in [0.5, 0.6) is 0 Å². The van der Waals surface area contributed by atoms with Crippen LogP contribution in [0.25, 0.3) is 0 Å². The van der Waals surface area contributed by atoms with Crippen LogP contribution in [0.15, 0.2) is 5.16 Å². The summed E-state index contributed by atoms with van der Waals surface area (Å²) in [6.07, 6.45) is -1.15. The first-order valence-corrected chi connectivity index (χ1v) is 3.96. The van der Waals surface area contributed by atoms with Crippen LogP contribution < -0.4 is 5.32 Å². The Morgan fingerprint density at radius 1 is 1.71 bits per heavy atom. The van der Waals surface area contributed by atoms with Gasteiger partial charge in [-0.1, -0.05) is 0 Å². The van der Waals surface area contributed by atoms with Crippen molar-refractivity contribution in [3.05, 3.63) is 0 Å². The number of carbonyl (C=O) groups is 2. The molecule has 2 amide bonds. The van der Waals surface area contributed by atoms with Crippen LogP contribution in [-0.4, -0.2) is 43.1 Å². The van der Waals surface area contributed by atoms with E-state index >= 15 is 0 Å². The predicted molar refractivity (Wildman–Crippen MR) is 46.3 cm³/mol. The largest absolute Gasteiger partial charge is 0.448 e. The molecule has 1 atom stereocenters. The highest BCUT2D eigenvalue weighted by Crippen LogP contribution is 2.10. The summed E-state index contributed by atoms with van der Waals surface area (Å²) in [6, 6.07) is 0. The van der Waals surface area contributed by atoms with E-state index in [0.717, 1.165) is 0 Å². The molecule has 1 saturated heterocycles. The SMILES string of the molecule is CNC(=O)ON=C1OC(C)N(C)C1=O. The number of hydrogen-bond donors (Lipinski definition) is 1. The highest BCUT2D eigenvalue weighted by molar-refractivity contribution is 6.36. The van der Waals surface area contributed by atoms with Gasteiger partial charge in [0, 0.05) is 14.1 Å². The first-order chi connectivity index (χ1) is 6.56. The molecule has 7 heteroatoms. The third-order valence-electron chi connectivity index (χ3n) is 1.75. The minimum Gasteiger partial charge on any atom is -0.448 e. The lowest BCUT2D eigenvalue weighted by atomic mass is 10.5. The Balaban J connectivity index is 2.62. The minimum absolute atomic E-state index is 0.219. The first kappa shape index (κ1) is 10.3. The van der Waals surface area contributed by atoms with Gasteiger partial charge in [0.1, 0.15) is 0 Å². The second-order valence-corrected chi connectivity index (χ2v) is 2.66. The molecule has 7 nitrogen and oxygen atoms in total. The fourth-order valence-corrected chi connectivity index (χ4v) is 0.796. The van der Waals surface area contributed by atoms with Crippen molar-refractivity contribution in [2.24, 2.45) is 5.16 Å². The summed E-state index contributed by atoms with van der Waals surface area (Å²) in [4.78, 5) is 27.5. The maximum absolute atomic E-state index is 11.3. The van der Waals surface area contributed by atoms with E-state index in [-0.39, 0.29) is 5.90 Å². The number of likely N-dealkylation sites (N-methyl/N-ethyl adjacent to an activating group) is 1. The molecule has 14 heavy (non-hydrogen) atoms. The van der Waals surface area contributed by atoms with Crippen molar-refractivity contribution in [1.29, 1.82) is 0 Å². The van der Waals surface area contributed by atoms with Gasteiger partial charge in [0.15, 0.2) is 6.23 Å². The Morgan fingerprint density at radius 3 is 2.79 bits per heavy atom. The molecule has 0 spiro atoms. The van der Waals surface area contributed by atoms with Crippen molar-refractivity contribution in [1.82, 2.24) is 10.2 Å². The Bertz CT molecular complexity index is 289. The normalized spacial score (nSPS) is 23.6. The summed E-state index contributed by atoms with van der Waals surface area (Å²) in [6.45, 7) is 1.68. The molecular weight excluding hydrogens is 190 g/mol. The van der Waals surface area contributed by atoms with Gasteiger partial charge < -0.3 is 15.0 Å². The quantitative estimate of drug-likeness (QED) is 0.457. The lowest BCUT2D eigenvalue weighted by molar-refractivity contribution is -0.123. The van der Waals surface area contributed by atoms with Crippen LogP contribution in [0.1, 0.15) is 6.92 Å². The van der Waals surface area contributed by atoms with E-state index in [0.29, 0.717) is 0 Å². The van der Waals surface area contributed by atoms with Crippen LogP contribution in [-0.2, 0) is 14.4 Å². The van der Waals surface area contributed by atoms with Gasteiger partial charge in [-0.05, 0) is 12.1 Å². The van der Waals surface area contributed by atoms with E-state index in [4.69, 9.17) is 4.74 Å². The molecule has 0 radical (unpaired) electrons. The molecule has 1 N–H and O–H groups in total. The summed E-state index contributed by atoms with van der Waals surface area (Å²) in [5, 5.41) is 5.44. The Labute approximate surface area is 80.6 Å². The van der Waals surface area contributed by atoms with E-state index in [1.807, 2.05) is 0 Å². The van der Waals surface area contributed by atoms with Crippen molar-refractivity contribution in [3.8, 4) is 0 Å². The molecule has 0 aliphatic carbocycles. The molecule has 1 fully saturated rings. The fourth-order valence-electron chi connectivity index (χ4n) is 0.796. The molecule has 0 aromatic carbocycles. The summed E-state index contributed by atoms with van der Waals surface area (Å²) in [5.74, 6) is -0.634. The van der Waals surface area contributed by atoms with Gasteiger partial charge in [-0.3, -0.25) is 9.63 Å². The lowest BCUT2D eigenvalue weighted by Gasteiger charge is -2.09. The van der Waals surface area contributed by atoms with Gasteiger partial charge in [0.2, 0.25) is 0 Å². The average Bonchev–Trinajstić information content (AvgIpc) is 2.42. The number of hydrogen-bond acceptors (Lipinski definition) is 5. The second kappa shape index (κ2) is 3.95. The molecular formula is C7H11N3O4. The van der Waals surface area contributed by atoms with Crippen LogP contribution in [0.3, 0.4) is 0 Å². The minimum atomic E-state index is -0.754. The molecule has 1 aliphatic heterocycles. The number of oxime groups is 1. The summed E-state index contributed by atoms with van der Waals surface area (Å²) in [5.41, 5.74) is 0. The molecule has 0 bridgehead atoms. The van der Waals surface area contributed by atoms with Crippen molar-refractivity contribution >= 4 is 17.9 Å². The van der Waals surface area contributed by atoms with Gasteiger partial charge in [-0.2, -0.15) is 0 Å². The maximum atomic E-state index is 11.3. The number of carbonyl (C=O) groups excluding carboxylic acids is 2. The summed E-state index contributed by atoms with van der Waals surface area (Å²) >= 11 is 0. The van der Waals surface area contributed by atoms with Gasteiger partial charge in [0.25, 0.3) is 0 Å². The predicted octanol–water partition coefficient (Wildman–Crippen LogP) is -0.510. The van der Waals surface area contributed by atoms with Crippen LogP contribution in [0, 0.1) is 0 Å². The number of nitrogens with zero attached hydrogens (tertiary/aromatic N) is 2. The molecule has 0 aromatic heterocycles. The molecule has 1 rings (SSSR count). The Morgan fingerprint density at radius 2 is 2.36 bits per heavy atom. The zero-order valence-corrected chi connectivity index (χ0v) is 8.10. The Hall–Kier alpha value is -1.79. The zero-order chi connectivity index (χ0) is 10.7. The highest BCUT2D eigenvalue weighted by Gasteiger charge is 2.33. The highest BCUT2D eigenvalue weighted by atomic mass is 16.7. The monoisotopic (exact) mass is 201 g/mol. The van der Waals surface area contributed by atoms with E-state index in [2.05, 4.69) is 15.3 Å². The van der Waals surface area contributed by atoms with Gasteiger partial charge in [0.05, 0.1) is 0 Å². The third-order valence-corrected chi connectivity index (χ3v) is 1.75. The molecule has 1 heterocycles. The average molecular weight is 201 g/mol. The van der Waals surface area contributed by atoms with E-state index < -0.39 is 18.2 Å². The number of rotatable bonds is 1. The molecule has 78 valence electrons. The van der Waals surface area contributed by atoms with E-state index in [1.54, 1.807) is 14.0 Å². The van der Waals surface area contributed by atoms with Gasteiger partial charge in [-0.15, -0.1) is 0 Å². The van der Waals surface area contributed by atoms with Crippen molar-refractivity contribution in [2.75, 3.05) is 14.1 Å². The van der Waals surface area contributed by atoms with Crippen LogP contribution in [0.4, 0.5) is 4.79 Å². The van der Waals surface area contributed by atoms with Crippen LogP contribution in [0.2, 0.25) is 0 Å². The number of amides is 2. The van der Waals surface area contributed by atoms with Gasteiger partial charge >= 0.3 is 17.9 Å². The Kier molecular flexibility index (Phi) is 2.90.